The predicted molar refractivity (Wildman–Crippen MR) is 113 cm³/mol. The van der Waals surface area contributed by atoms with Crippen molar-refractivity contribution >= 4 is 23.1 Å². The normalized spacial score (nSPS) is 18.3. The molecule has 3 rings (SSSR count). The van der Waals surface area contributed by atoms with Gasteiger partial charge in [-0.15, -0.1) is 0 Å². The number of hydrogen-bond acceptors (Lipinski definition) is 2. The molecular formula is C24H21F4NS. The van der Waals surface area contributed by atoms with Crippen LogP contribution in [0.15, 0.2) is 29.3 Å². The van der Waals surface area contributed by atoms with E-state index in [4.69, 9.17) is 0 Å². The summed E-state index contributed by atoms with van der Waals surface area (Å²) in [5, 5.41) is 1.70. The molecule has 0 heterocycles. The van der Waals surface area contributed by atoms with Crippen molar-refractivity contribution in [1.29, 1.82) is 0 Å². The van der Waals surface area contributed by atoms with Crippen LogP contribution in [0.5, 0.6) is 0 Å². The quantitative estimate of drug-likeness (QED) is 0.161. The van der Waals surface area contributed by atoms with E-state index in [0.717, 1.165) is 18.8 Å². The molecular weight excluding hydrogens is 410 g/mol. The molecule has 0 N–H and O–H groups in total. The summed E-state index contributed by atoms with van der Waals surface area (Å²) in [6, 6.07) is 7.43. The second kappa shape index (κ2) is 10.0. The van der Waals surface area contributed by atoms with Gasteiger partial charge in [0.05, 0.1) is 5.16 Å². The number of aliphatic imine (C=N–C) groups is 1. The summed E-state index contributed by atoms with van der Waals surface area (Å²) in [5.41, 5.74) is -0.415. The molecule has 0 amide bonds. The van der Waals surface area contributed by atoms with E-state index in [1.165, 1.54) is 31.2 Å². The number of halogens is 4. The van der Waals surface area contributed by atoms with E-state index in [1.54, 1.807) is 17.3 Å². The minimum absolute atomic E-state index is 0.499. The molecule has 0 saturated heterocycles. The van der Waals surface area contributed by atoms with E-state index < -0.39 is 34.5 Å². The van der Waals surface area contributed by atoms with Crippen molar-refractivity contribution in [1.82, 2.24) is 0 Å². The Morgan fingerprint density at radius 1 is 0.900 bits per heavy atom. The molecule has 0 bridgehead atoms. The van der Waals surface area contributed by atoms with Gasteiger partial charge in [0.15, 0.2) is 29.0 Å². The minimum atomic E-state index is -1.65. The molecule has 1 aliphatic rings. The predicted octanol–water partition coefficient (Wildman–Crippen LogP) is 7.45. The van der Waals surface area contributed by atoms with Crippen molar-refractivity contribution in [2.45, 2.75) is 51.4 Å². The van der Waals surface area contributed by atoms with Crippen molar-refractivity contribution < 1.29 is 17.6 Å². The molecule has 0 aliphatic heterocycles. The fraction of sp³-hybridized carbons (Fsp3) is 0.375. The average Bonchev–Trinajstić information content (AvgIpc) is 2.76. The number of rotatable bonds is 4. The molecule has 0 spiro atoms. The molecule has 1 saturated carbocycles. The third kappa shape index (κ3) is 4.80. The highest BCUT2D eigenvalue weighted by molar-refractivity contribution is 7.78. The first kappa shape index (κ1) is 22.2. The van der Waals surface area contributed by atoms with Gasteiger partial charge in [-0.25, -0.2) is 17.6 Å². The summed E-state index contributed by atoms with van der Waals surface area (Å²) in [6.45, 7) is 2.22. The Bertz CT molecular complexity index is 993. The number of benzene rings is 2. The van der Waals surface area contributed by atoms with Gasteiger partial charge in [0.25, 0.3) is 0 Å². The Balaban J connectivity index is 1.79. The van der Waals surface area contributed by atoms with Crippen LogP contribution in [0, 0.1) is 41.0 Å². The van der Waals surface area contributed by atoms with Gasteiger partial charge in [-0.2, -0.15) is 4.99 Å². The summed E-state index contributed by atoms with van der Waals surface area (Å²) >= 11 is 4.24. The van der Waals surface area contributed by atoms with E-state index in [1.807, 2.05) is 12.1 Å². The Kier molecular flexibility index (Phi) is 7.42. The van der Waals surface area contributed by atoms with Crippen LogP contribution < -0.4 is 0 Å². The second-order valence-electron chi connectivity index (χ2n) is 7.56. The van der Waals surface area contributed by atoms with Crippen molar-refractivity contribution in [3.8, 4) is 11.8 Å². The van der Waals surface area contributed by atoms with Crippen LogP contribution in [-0.2, 0) is 0 Å². The summed E-state index contributed by atoms with van der Waals surface area (Å²) in [7, 11) is 0. The van der Waals surface area contributed by atoms with E-state index in [0.29, 0.717) is 11.5 Å². The molecule has 0 unspecified atom stereocenters. The zero-order chi connectivity index (χ0) is 21.7. The Hall–Kier alpha value is -2.48. The highest BCUT2D eigenvalue weighted by Crippen LogP contribution is 2.37. The lowest BCUT2D eigenvalue weighted by Gasteiger charge is -2.28. The maximum atomic E-state index is 14.1. The van der Waals surface area contributed by atoms with Gasteiger partial charge in [-0.1, -0.05) is 43.7 Å². The van der Waals surface area contributed by atoms with Gasteiger partial charge in [0.2, 0.25) is 0 Å². The van der Waals surface area contributed by atoms with Gasteiger partial charge in [0, 0.05) is 5.56 Å². The summed E-state index contributed by atoms with van der Waals surface area (Å²) in [5.74, 6) is -0.408. The Morgan fingerprint density at radius 3 is 2.03 bits per heavy atom. The third-order valence-electron chi connectivity index (χ3n) is 5.66. The Labute approximate surface area is 179 Å². The van der Waals surface area contributed by atoms with Crippen molar-refractivity contribution in [3.05, 3.63) is 64.2 Å². The van der Waals surface area contributed by atoms with Crippen molar-refractivity contribution in [2.24, 2.45) is 10.9 Å². The topological polar surface area (TPSA) is 12.4 Å². The lowest BCUT2D eigenvalue weighted by Crippen LogP contribution is -2.13. The number of thiocarbonyl (C=S) groups is 1. The molecule has 0 radical (unpaired) electrons. The van der Waals surface area contributed by atoms with Crippen LogP contribution in [0.4, 0.5) is 23.2 Å². The largest absolute Gasteiger partial charge is 0.202 e. The zero-order valence-corrected chi connectivity index (χ0v) is 17.4. The monoisotopic (exact) mass is 431 g/mol. The van der Waals surface area contributed by atoms with E-state index in [-0.39, 0.29) is 0 Å². The molecule has 6 heteroatoms. The highest BCUT2D eigenvalue weighted by Gasteiger charge is 2.24. The molecule has 2 aromatic carbocycles. The van der Waals surface area contributed by atoms with Gasteiger partial charge >= 0.3 is 0 Å². The molecule has 0 aromatic heterocycles. The SMILES string of the molecule is CCCC1CCC(c2ccc(C#Cc3c(F)c(F)c(N=C=S)c(F)c3F)cc2)CC1. The minimum Gasteiger partial charge on any atom is -0.202 e. The first-order valence-corrected chi connectivity index (χ1v) is 10.4. The smallest absolute Gasteiger partial charge is 0.189 e. The van der Waals surface area contributed by atoms with Crippen LogP contribution in [0.25, 0.3) is 0 Å². The van der Waals surface area contributed by atoms with Crippen molar-refractivity contribution in [2.75, 3.05) is 0 Å². The molecule has 1 fully saturated rings. The number of hydrogen-bond donors (Lipinski definition) is 0. The van der Waals surface area contributed by atoms with Gasteiger partial charge in [0.1, 0.15) is 5.56 Å². The molecule has 0 atom stereocenters. The fourth-order valence-corrected chi connectivity index (χ4v) is 4.13. The molecule has 2 aromatic rings. The van der Waals surface area contributed by atoms with Crippen LogP contribution in [0.2, 0.25) is 0 Å². The molecule has 156 valence electrons. The van der Waals surface area contributed by atoms with E-state index >= 15 is 0 Å². The third-order valence-corrected chi connectivity index (χ3v) is 5.75. The standard InChI is InChI=1S/C24H21F4NS/c1-2-3-15-4-9-17(10-5-15)18-11-6-16(7-12-18)8-13-19-20(25)22(27)24(29-14-30)23(28)21(19)26/h6-7,11-12,15,17H,2-5,9-10H2,1H3. The van der Waals surface area contributed by atoms with E-state index in [2.05, 4.69) is 36.0 Å². The van der Waals surface area contributed by atoms with Crippen LogP contribution in [0.3, 0.4) is 0 Å². The summed E-state index contributed by atoms with van der Waals surface area (Å²) in [4.78, 5) is 3.04. The first-order valence-electron chi connectivity index (χ1n) is 10.0. The summed E-state index contributed by atoms with van der Waals surface area (Å²) < 4.78 is 56.1. The van der Waals surface area contributed by atoms with Gasteiger partial charge in [-0.05, 0) is 67.4 Å². The second-order valence-corrected chi connectivity index (χ2v) is 7.74. The molecule has 1 nitrogen and oxygen atoms in total. The van der Waals surface area contributed by atoms with Crippen LogP contribution in [-0.4, -0.2) is 5.16 Å². The van der Waals surface area contributed by atoms with Crippen molar-refractivity contribution in [3.63, 3.8) is 0 Å². The number of isothiocyanates is 1. The molecule has 1 aliphatic carbocycles. The van der Waals surface area contributed by atoms with Gasteiger partial charge in [-0.3, -0.25) is 0 Å². The first-order chi connectivity index (χ1) is 14.5. The lowest BCUT2D eigenvalue weighted by molar-refractivity contribution is 0.308. The summed E-state index contributed by atoms with van der Waals surface area (Å²) in [6.07, 6.45) is 7.29. The number of nitrogens with zero attached hydrogens (tertiary/aromatic N) is 1. The van der Waals surface area contributed by atoms with Crippen LogP contribution in [0.1, 0.15) is 68.1 Å². The Morgan fingerprint density at radius 2 is 1.50 bits per heavy atom. The highest BCUT2D eigenvalue weighted by atomic mass is 32.1. The fourth-order valence-electron chi connectivity index (χ4n) is 4.04. The molecule has 30 heavy (non-hydrogen) atoms. The maximum absolute atomic E-state index is 14.1. The zero-order valence-electron chi connectivity index (χ0n) is 16.6. The lowest BCUT2D eigenvalue weighted by atomic mass is 9.77. The average molecular weight is 431 g/mol. The van der Waals surface area contributed by atoms with E-state index in [9.17, 15) is 17.6 Å². The maximum Gasteiger partial charge on any atom is 0.189 e. The van der Waals surface area contributed by atoms with Gasteiger partial charge < -0.3 is 0 Å². The van der Waals surface area contributed by atoms with Crippen LogP contribution >= 0.6 is 12.2 Å².